The Hall–Kier alpha value is -0.880. The Morgan fingerprint density at radius 2 is 2.18 bits per heavy atom. The Bertz CT molecular complexity index is 388. The maximum Gasteiger partial charge on any atom is 0.240 e. The van der Waals surface area contributed by atoms with E-state index in [0.29, 0.717) is 6.54 Å². The van der Waals surface area contributed by atoms with Gasteiger partial charge in [-0.1, -0.05) is 6.08 Å². The van der Waals surface area contributed by atoms with Gasteiger partial charge in [0, 0.05) is 18.8 Å². The third-order valence-corrected chi connectivity index (χ3v) is 3.69. The van der Waals surface area contributed by atoms with Gasteiger partial charge in [-0.3, -0.25) is 4.79 Å². The normalized spacial score (nSPS) is 17.5. The van der Waals surface area contributed by atoms with Crippen molar-refractivity contribution in [3.63, 3.8) is 0 Å². The molecule has 0 saturated heterocycles. The first-order valence-corrected chi connectivity index (χ1v) is 7.76. The number of carbonyl (C=O) groups excluding carboxylic acids is 1. The van der Waals surface area contributed by atoms with Crippen LogP contribution in [0.15, 0.2) is 12.7 Å². The standard InChI is InChI=1S/C11H20N2O3S/c1-3-7-13(9-4-5-9)11(14)10(12)6-8-17(2,15)16/h3,9-10H,1,4-8,12H2,2H3. The average molecular weight is 260 g/mol. The van der Waals surface area contributed by atoms with Gasteiger partial charge < -0.3 is 10.6 Å². The predicted octanol–water partition coefficient (Wildman–Crippen LogP) is -0.0746. The first kappa shape index (κ1) is 14.2. The van der Waals surface area contributed by atoms with Crippen molar-refractivity contribution in [2.45, 2.75) is 31.3 Å². The fourth-order valence-electron chi connectivity index (χ4n) is 1.62. The van der Waals surface area contributed by atoms with E-state index >= 15 is 0 Å². The molecule has 1 rings (SSSR count). The lowest BCUT2D eigenvalue weighted by Crippen LogP contribution is -2.45. The fourth-order valence-corrected chi connectivity index (χ4v) is 2.30. The summed E-state index contributed by atoms with van der Waals surface area (Å²) >= 11 is 0. The number of carbonyl (C=O) groups is 1. The molecular weight excluding hydrogens is 240 g/mol. The van der Waals surface area contributed by atoms with Gasteiger partial charge in [-0.2, -0.15) is 0 Å². The molecule has 6 heteroatoms. The Balaban J connectivity index is 2.51. The minimum atomic E-state index is -3.07. The lowest BCUT2D eigenvalue weighted by Gasteiger charge is -2.24. The molecule has 98 valence electrons. The SMILES string of the molecule is C=CCN(C(=O)C(N)CCS(C)(=O)=O)C1CC1. The minimum absolute atomic E-state index is 0.0491. The number of rotatable bonds is 7. The summed E-state index contributed by atoms with van der Waals surface area (Å²) in [5.41, 5.74) is 5.73. The summed E-state index contributed by atoms with van der Waals surface area (Å²) < 4.78 is 22.0. The van der Waals surface area contributed by atoms with Gasteiger partial charge in [-0.25, -0.2) is 8.42 Å². The van der Waals surface area contributed by atoms with Gasteiger partial charge in [0.15, 0.2) is 0 Å². The van der Waals surface area contributed by atoms with Crippen LogP contribution in [0, 0.1) is 0 Å². The summed E-state index contributed by atoms with van der Waals surface area (Å²) in [5.74, 6) is -0.219. The Kier molecular flexibility index (Phi) is 4.70. The summed E-state index contributed by atoms with van der Waals surface area (Å²) in [5, 5.41) is 0. The van der Waals surface area contributed by atoms with E-state index in [1.807, 2.05) is 0 Å². The molecule has 5 nitrogen and oxygen atoms in total. The first-order valence-electron chi connectivity index (χ1n) is 5.70. The van der Waals surface area contributed by atoms with Crippen LogP contribution in [0.25, 0.3) is 0 Å². The van der Waals surface area contributed by atoms with Crippen LogP contribution in [0.2, 0.25) is 0 Å². The molecule has 1 atom stereocenters. The molecule has 1 aliphatic carbocycles. The first-order chi connectivity index (χ1) is 7.85. The largest absolute Gasteiger partial charge is 0.335 e. The van der Waals surface area contributed by atoms with Gasteiger partial charge in [0.2, 0.25) is 5.91 Å². The highest BCUT2D eigenvalue weighted by molar-refractivity contribution is 7.90. The van der Waals surface area contributed by atoms with Crippen molar-refractivity contribution in [3.8, 4) is 0 Å². The van der Waals surface area contributed by atoms with Crippen LogP contribution >= 0.6 is 0 Å². The van der Waals surface area contributed by atoms with Gasteiger partial charge in [-0.15, -0.1) is 6.58 Å². The van der Waals surface area contributed by atoms with E-state index in [1.165, 1.54) is 0 Å². The van der Waals surface area contributed by atoms with Crippen molar-refractivity contribution in [3.05, 3.63) is 12.7 Å². The van der Waals surface area contributed by atoms with Crippen molar-refractivity contribution in [2.75, 3.05) is 18.6 Å². The van der Waals surface area contributed by atoms with Crippen LogP contribution in [0.1, 0.15) is 19.3 Å². The Morgan fingerprint density at radius 3 is 2.59 bits per heavy atom. The molecule has 0 bridgehead atoms. The van der Waals surface area contributed by atoms with Crippen molar-refractivity contribution in [1.82, 2.24) is 4.90 Å². The zero-order chi connectivity index (χ0) is 13.1. The fraction of sp³-hybridized carbons (Fsp3) is 0.727. The van der Waals surface area contributed by atoms with E-state index in [-0.39, 0.29) is 24.1 Å². The minimum Gasteiger partial charge on any atom is -0.335 e. The summed E-state index contributed by atoms with van der Waals surface area (Å²) in [4.78, 5) is 13.7. The molecule has 1 unspecified atom stereocenters. The summed E-state index contributed by atoms with van der Waals surface area (Å²) in [6.45, 7) is 4.09. The Labute approximate surface area is 103 Å². The molecule has 0 aromatic carbocycles. The maximum absolute atomic E-state index is 12.0. The van der Waals surface area contributed by atoms with E-state index in [4.69, 9.17) is 5.73 Å². The second-order valence-corrected chi connectivity index (χ2v) is 6.80. The molecule has 0 heterocycles. The predicted molar refractivity (Wildman–Crippen MR) is 67.2 cm³/mol. The zero-order valence-corrected chi connectivity index (χ0v) is 10.9. The van der Waals surface area contributed by atoms with Gasteiger partial charge in [0.05, 0.1) is 11.8 Å². The van der Waals surface area contributed by atoms with Gasteiger partial charge >= 0.3 is 0 Å². The smallest absolute Gasteiger partial charge is 0.240 e. The number of hydrogen-bond acceptors (Lipinski definition) is 4. The molecule has 2 N–H and O–H groups in total. The molecule has 1 amide bonds. The monoisotopic (exact) mass is 260 g/mol. The Morgan fingerprint density at radius 1 is 1.59 bits per heavy atom. The lowest BCUT2D eigenvalue weighted by molar-refractivity contribution is -0.132. The lowest BCUT2D eigenvalue weighted by atomic mass is 10.2. The summed E-state index contributed by atoms with van der Waals surface area (Å²) in [6, 6.07) is -0.463. The van der Waals surface area contributed by atoms with E-state index < -0.39 is 15.9 Å². The molecule has 0 aromatic rings. The molecule has 0 aliphatic heterocycles. The van der Waals surface area contributed by atoms with Crippen LogP contribution in [0.5, 0.6) is 0 Å². The molecule has 1 saturated carbocycles. The van der Waals surface area contributed by atoms with Crippen molar-refractivity contribution >= 4 is 15.7 Å². The van der Waals surface area contributed by atoms with Gasteiger partial charge in [0.25, 0.3) is 0 Å². The molecule has 17 heavy (non-hydrogen) atoms. The third-order valence-electron chi connectivity index (χ3n) is 2.71. The van der Waals surface area contributed by atoms with E-state index in [0.717, 1.165) is 19.1 Å². The highest BCUT2D eigenvalue weighted by Crippen LogP contribution is 2.27. The van der Waals surface area contributed by atoms with Crippen LogP contribution < -0.4 is 5.73 Å². The number of nitrogens with zero attached hydrogens (tertiary/aromatic N) is 1. The zero-order valence-electron chi connectivity index (χ0n) is 10.1. The molecule has 0 radical (unpaired) electrons. The van der Waals surface area contributed by atoms with Crippen LogP contribution in [-0.4, -0.2) is 49.9 Å². The molecule has 0 spiro atoms. The highest BCUT2D eigenvalue weighted by Gasteiger charge is 2.33. The number of hydrogen-bond donors (Lipinski definition) is 1. The second kappa shape index (κ2) is 5.64. The van der Waals surface area contributed by atoms with Crippen LogP contribution in [-0.2, 0) is 14.6 Å². The van der Waals surface area contributed by atoms with Crippen molar-refractivity contribution < 1.29 is 13.2 Å². The quantitative estimate of drug-likeness (QED) is 0.650. The van der Waals surface area contributed by atoms with Gasteiger partial charge in [0.1, 0.15) is 9.84 Å². The summed E-state index contributed by atoms with van der Waals surface area (Å²) in [6.07, 6.45) is 4.99. The maximum atomic E-state index is 12.0. The molecule has 1 aliphatic rings. The van der Waals surface area contributed by atoms with E-state index in [2.05, 4.69) is 6.58 Å². The topological polar surface area (TPSA) is 80.5 Å². The van der Waals surface area contributed by atoms with Crippen LogP contribution in [0.3, 0.4) is 0 Å². The molecule has 1 fully saturated rings. The average Bonchev–Trinajstić information content (AvgIpc) is 3.04. The third kappa shape index (κ3) is 4.87. The summed E-state index contributed by atoms with van der Waals surface area (Å²) in [7, 11) is -3.07. The highest BCUT2D eigenvalue weighted by atomic mass is 32.2. The number of nitrogens with two attached hydrogens (primary N) is 1. The number of amides is 1. The molecule has 0 aromatic heterocycles. The van der Waals surface area contributed by atoms with Gasteiger partial charge in [-0.05, 0) is 19.3 Å². The van der Waals surface area contributed by atoms with E-state index in [1.54, 1.807) is 11.0 Å². The number of sulfone groups is 1. The van der Waals surface area contributed by atoms with Crippen LogP contribution in [0.4, 0.5) is 0 Å². The van der Waals surface area contributed by atoms with E-state index in [9.17, 15) is 13.2 Å². The van der Waals surface area contributed by atoms with Crippen molar-refractivity contribution in [1.29, 1.82) is 0 Å². The van der Waals surface area contributed by atoms with Crippen molar-refractivity contribution in [2.24, 2.45) is 5.73 Å². The molecular formula is C11H20N2O3S. The second-order valence-electron chi connectivity index (χ2n) is 4.54.